The Kier molecular flexibility index (Phi) is 3.12. The summed E-state index contributed by atoms with van der Waals surface area (Å²) in [5, 5.41) is 0. The minimum absolute atomic E-state index is 0.217. The van der Waals surface area contributed by atoms with E-state index >= 15 is 0 Å². The van der Waals surface area contributed by atoms with E-state index in [9.17, 15) is 13.2 Å². The second-order valence-electron chi connectivity index (χ2n) is 3.28. The molecule has 2 nitrogen and oxygen atoms in total. The standard InChI is InChI=1S/C10H12F3NO/c1-14(2)8-5-4-7(10(11,12)13)6-9(8)15-3/h4-6H,1-3H3. The Balaban J connectivity index is 3.19. The average Bonchev–Trinajstić information content (AvgIpc) is 2.15. The number of anilines is 1. The predicted molar refractivity (Wildman–Crippen MR) is 52.3 cm³/mol. The first-order chi connectivity index (χ1) is 6.86. The summed E-state index contributed by atoms with van der Waals surface area (Å²) in [6.07, 6.45) is -4.34. The van der Waals surface area contributed by atoms with Gasteiger partial charge in [0.25, 0.3) is 0 Å². The molecule has 0 aliphatic heterocycles. The lowest BCUT2D eigenvalue weighted by molar-refractivity contribution is -0.137. The van der Waals surface area contributed by atoms with Gasteiger partial charge in [0.15, 0.2) is 0 Å². The van der Waals surface area contributed by atoms with Gasteiger partial charge in [-0.25, -0.2) is 0 Å². The Hall–Kier alpha value is -1.39. The lowest BCUT2D eigenvalue weighted by Crippen LogP contribution is -2.12. The topological polar surface area (TPSA) is 12.5 Å². The highest BCUT2D eigenvalue weighted by atomic mass is 19.4. The number of halogens is 3. The van der Waals surface area contributed by atoms with E-state index in [0.717, 1.165) is 12.1 Å². The molecule has 0 N–H and O–H groups in total. The highest BCUT2D eigenvalue weighted by molar-refractivity contribution is 5.59. The minimum Gasteiger partial charge on any atom is -0.495 e. The molecule has 0 amide bonds. The van der Waals surface area contributed by atoms with Crippen LogP contribution in [0.4, 0.5) is 18.9 Å². The number of ether oxygens (including phenoxy) is 1. The van der Waals surface area contributed by atoms with Crippen molar-refractivity contribution in [2.45, 2.75) is 6.18 Å². The van der Waals surface area contributed by atoms with Gasteiger partial charge in [-0.2, -0.15) is 13.2 Å². The second kappa shape index (κ2) is 4.00. The number of rotatable bonds is 2. The van der Waals surface area contributed by atoms with Crippen LogP contribution in [0.2, 0.25) is 0 Å². The van der Waals surface area contributed by atoms with Crippen LogP contribution in [-0.2, 0) is 6.18 Å². The molecule has 0 bridgehead atoms. The van der Waals surface area contributed by atoms with Crippen LogP contribution in [-0.4, -0.2) is 21.2 Å². The van der Waals surface area contributed by atoms with Gasteiger partial charge in [-0.15, -0.1) is 0 Å². The minimum atomic E-state index is -4.34. The van der Waals surface area contributed by atoms with Gasteiger partial charge < -0.3 is 9.64 Å². The zero-order chi connectivity index (χ0) is 11.6. The molecule has 0 aromatic heterocycles. The maximum absolute atomic E-state index is 12.4. The summed E-state index contributed by atoms with van der Waals surface area (Å²) >= 11 is 0. The highest BCUT2D eigenvalue weighted by Crippen LogP contribution is 2.35. The highest BCUT2D eigenvalue weighted by Gasteiger charge is 2.31. The van der Waals surface area contributed by atoms with Crippen LogP contribution in [0.1, 0.15) is 5.56 Å². The quantitative estimate of drug-likeness (QED) is 0.758. The number of hydrogen-bond acceptors (Lipinski definition) is 2. The van der Waals surface area contributed by atoms with Crippen LogP contribution in [0.5, 0.6) is 5.75 Å². The lowest BCUT2D eigenvalue weighted by Gasteiger charge is -2.18. The van der Waals surface area contributed by atoms with E-state index in [4.69, 9.17) is 4.74 Å². The Labute approximate surface area is 86.3 Å². The molecule has 0 atom stereocenters. The van der Waals surface area contributed by atoms with Gasteiger partial charge in [0.2, 0.25) is 0 Å². The summed E-state index contributed by atoms with van der Waals surface area (Å²) in [5.74, 6) is 0.217. The van der Waals surface area contributed by atoms with E-state index in [0.29, 0.717) is 5.69 Å². The van der Waals surface area contributed by atoms with Crippen LogP contribution in [0.3, 0.4) is 0 Å². The van der Waals surface area contributed by atoms with Crippen molar-refractivity contribution >= 4 is 5.69 Å². The molecule has 5 heteroatoms. The normalized spacial score (nSPS) is 11.3. The number of alkyl halides is 3. The maximum Gasteiger partial charge on any atom is 0.416 e. The van der Waals surface area contributed by atoms with Crippen LogP contribution in [0.15, 0.2) is 18.2 Å². The third-order valence-corrected chi connectivity index (χ3v) is 1.99. The van der Waals surface area contributed by atoms with Gasteiger partial charge in [0.1, 0.15) is 5.75 Å². The van der Waals surface area contributed by atoms with Crippen LogP contribution < -0.4 is 9.64 Å². The van der Waals surface area contributed by atoms with E-state index < -0.39 is 11.7 Å². The molecule has 84 valence electrons. The molecule has 1 rings (SSSR count). The van der Waals surface area contributed by atoms with E-state index in [1.807, 2.05) is 0 Å². The number of methoxy groups -OCH3 is 1. The fourth-order valence-corrected chi connectivity index (χ4v) is 1.22. The largest absolute Gasteiger partial charge is 0.495 e. The molecule has 0 heterocycles. The van der Waals surface area contributed by atoms with Crippen molar-refractivity contribution in [2.75, 3.05) is 26.1 Å². The molecule has 0 saturated heterocycles. The van der Waals surface area contributed by atoms with Crippen molar-refractivity contribution in [3.05, 3.63) is 23.8 Å². The zero-order valence-corrected chi connectivity index (χ0v) is 8.72. The predicted octanol–water partition coefficient (Wildman–Crippen LogP) is 2.78. The molecule has 0 unspecified atom stereocenters. The van der Waals surface area contributed by atoms with Gasteiger partial charge >= 0.3 is 6.18 Å². The number of hydrogen-bond donors (Lipinski definition) is 0. The summed E-state index contributed by atoms with van der Waals surface area (Å²) in [7, 11) is 4.83. The van der Waals surface area contributed by atoms with Crippen molar-refractivity contribution in [1.29, 1.82) is 0 Å². The molecule has 0 spiro atoms. The molecule has 0 saturated carbocycles. The van der Waals surface area contributed by atoms with E-state index in [1.54, 1.807) is 19.0 Å². The monoisotopic (exact) mass is 219 g/mol. The van der Waals surface area contributed by atoms with Crippen molar-refractivity contribution in [1.82, 2.24) is 0 Å². The third kappa shape index (κ3) is 2.55. The van der Waals surface area contributed by atoms with Crippen molar-refractivity contribution in [3.63, 3.8) is 0 Å². The lowest BCUT2D eigenvalue weighted by atomic mass is 10.1. The van der Waals surface area contributed by atoms with Crippen molar-refractivity contribution < 1.29 is 17.9 Å². The Morgan fingerprint density at radius 3 is 2.20 bits per heavy atom. The van der Waals surface area contributed by atoms with Crippen molar-refractivity contribution in [3.8, 4) is 5.75 Å². The van der Waals surface area contributed by atoms with Gasteiger partial charge in [0, 0.05) is 14.1 Å². The molecule has 0 fully saturated rings. The molecule has 15 heavy (non-hydrogen) atoms. The summed E-state index contributed by atoms with van der Waals surface area (Å²) in [5.41, 5.74) is -0.0875. The summed E-state index contributed by atoms with van der Waals surface area (Å²) in [6, 6.07) is 3.43. The molecule has 1 aromatic rings. The molecular formula is C10H12F3NO. The summed E-state index contributed by atoms with van der Waals surface area (Å²) < 4.78 is 42.0. The van der Waals surface area contributed by atoms with Gasteiger partial charge in [0.05, 0.1) is 18.4 Å². The second-order valence-corrected chi connectivity index (χ2v) is 3.28. The number of benzene rings is 1. The summed E-state index contributed by atoms with van der Waals surface area (Å²) in [6.45, 7) is 0. The van der Waals surface area contributed by atoms with Crippen LogP contribution in [0.25, 0.3) is 0 Å². The van der Waals surface area contributed by atoms with Gasteiger partial charge in [-0.3, -0.25) is 0 Å². The number of nitrogens with zero attached hydrogens (tertiary/aromatic N) is 1. The molecule has 0 aliphatic carbocycles. The Morgan fingerprint density at radius 2 is 1.80 bits per heavy atom. The Bertz CT molecular complexity index is 347. The molecule has 0 aliphatic rings. The van der Waals surface area contributed by atoms with E-state index in [1.165, 1.54) is 13.2 Å². The van der Waals surface area contributed by atoms with Gasteiger partial charge in [-0.05, 0) is 18.2 Å². The summed E-state index contributed by atoms with van der Waals surface area (Å²) in [4.78, 5) is 1.69. The Morgan fingerprint density at radius 1 is 1.20 bits per heavy atom. The SMILES string of the molecule is COc1cc(C(F)(F)F)ccc1N(C)C. The average molecular weight is 219 g/mol. The molecule has 1 aromatic carbocycles. The first kappa shape index (κ1) is 11.7. The smallest absolute Gasteiger partial charge is 0.416 e. The fourth-order valence-electron chi connectivity index (χ4n) is 1.22. The molecule has 0 radical (unpaired) electrons. The first-order valence-corrected chi connectivity index (χ1v) is 4.29. The van der Waals surface area contributed by atoms with E-state index in [2.05, 4.69) is 0 Å². The van der Waals surface area contributed by atoms with Crippen LogP contribution >= 0.6 is 0 Å². The fraction of sp³-hybridized carbons (Fsp3) is 0.400. The maximum atomic E-state index is 12.4. The third-order valence-electron chi connectivity index (χ3n) is 1.99. The van der Waals surface area contributed by atoms with Crippen LogP contribution in [0, 0.1) is 0 Å². The van der Waals surface area contributed by atoms with Crippen molar-refractivity contribution in [2.24, 2.45) is 0 Å². The van der Waals surface area contributed by atoms with Gasteiger partial charge in [-0.1, -0.05) is 0 Å². The first-order valence-electron chi connectivity index (χ1n) is 4.29. The zero-order valence-electron chi connectivity index (χ0n) is 8.72. The van der Waals surface area contributed by atoms with E-state index in [-0.39, 0.29) is 5.75 Å². The molecular weight excluding hydrogens is 207 g/mol.